The summed E-state index contributed by atoms with van der Waals surface area (Å²) < 4.78 is 44.2. The number of rotatable bonds is 5. The largest absolute Gasteiger partial charge is 0.291 e. The second kappa shape index (κ2) is 9.92. The van der Waals surface area contributed by atoms with Gasteiger partial charge in [0.15, 0.2) is 5.16 Å². The van der Waals surface area contributed by atoms with E-state index in [1.807, 2.05) is 23.6 Å². The number of imidazole rings is 1. The van der Waals surface area contributed by atoms with Gasteiger partial charge in [0.1, 0.15) is 17.5 Å². The molecule has 0 N–H and O–H groups in total. The van der Waals surface area contributed by atoms with Crippen LogP contribution in [0.1, 0.15) is 46.8 Å². The topological polar surface area (TPSA) is 17.8 Å². The Labute approximate surface area is 216 Å². The van der Waals surface area contributed by atoms with E-state index >= 15 is 0 Å². The van der Waals surface area contributed by atoms with Crippen molar-refractivity contribution in [2.24, 2.45) is 0 Å². The number of benzene rings is 3. The first-order valence-corrected chi connectivity index (χ1v) is 13.0. The zero-order chi connectivity index (χ0) is 24.7. The van der Waals surface area contributed by atoms with E-state index in [1.165, 1.54) is 23.9 Å². The Morgan fingerprint density at radius 2 is 1.74 bits per heavy atom. The quantitative estimate of drug-likeness (QED) is 0.189. The SMILES string of the molecule is Cc1cc(C2CCCc3nc(SCc4c(F)ccc(F)c4Cl)n(-c4ccc(F)cc4)c32)ccc1Cl. The summed E-state index contributed by atoms with van der Waals surface area (Å²) in [5, 5.41) is 1.11. The molecule has 0 saturated carbocycles. The molecule has 1 atom stereocenters. The average Bonchev–Trinajstić information content (AvgIpc) is 3.22. The van der Waals surface area contributed by atoms with E-state index in [1.54, 1.807) is 12.1 Å². The van der Waals surface area contributed by atoms with Crippen LogP contribution in [-0.2, 0) is 12.2 Å². The van der Waals surface area contributed by atoms with E-state index in [0.717, 1.165) is 59.6 Å². The standard InChI is InChI=1S/C27H21Cl2F3N2S/c1-15-13-16(5-10-21(15)28)19-3-2-4-24-26(19)34(18-8-6-17(30)7-9-18)27(33-24)35-14-20-22(31)11-12-23(32)25(20)29/h5-13,19H,2-4,14H2,1H3. The summed E-state index contributed by atoms with van der Waals surface area (Å²) in [4.78, 5) is 4.91. The number of nitrogens with zero attached hydrogens (tertiary/aromatic N) is 2. The summed E-state index contributed by atoms with van der Waals surface area (Å²) in [7, 11) is 0. The van der Waals surface area contributed by atoms with Crippen LogP contribution in [-0.4, -0.2) is 9.55 Å². The lowest BCUT2D eigenvalue weighted by Crippen LogP contribution is -2.15. The maximum absolute atomic E-state index is 14.4. The van der Waals surface area contributed by atoms with E-state index < -0.39 is 11.6 Å². The maximum Gasteiger partial charge on any atom is 0.173 e. The van der Waals surface area contributed by atoms with Crippen molar-refractivity contribution in [3.63, 3.8) is 0 Å². The minimum Gasteiger partial charge on any atom is -0.291 e. The molecule has 1 unspecified atom stereocenters. The summed E-state index contributed by atoms with van der Waals surface area (Å²) in [6.45, 7) is 1.98. The molecule has 180 valence electrons. The Balaban J connectivity index is 1.62. The molecular formula is C27H21Cl2F3N2S. The Kier molecular flexibility index (Phi) is 6.88. The highest BCUT2D eigenvalue weighted by molar-refractivity contribution is 7.98. The number of hydrogen-bond donors (Lipinski definition) is 0. The van der Waals surface area contributed by atoms with Crippen LogP contribution in [0.15, 0.2) is 59.8 Å². The van der Waals surface area contributed by atoms with Crippen LogP contribution in [0.3, 0.4) is 0 Å². The molecule has 2 nitrogen and oxygen atoms in total. The molecule has 5 rings (SSSR count). The smallest absolute Gasteiger partial charge is 0.173 e. The fourth-order valence-corrected chi connectivity index (χ4v) is 6.07. The monoisotopic (exact) mass is 532 g/mol. The predicted octanol–water partition coefficient (Wildman–Crippen LogP) is 8.67. The predicted molar refractivity (Wildman–Crippen MR) is 135 cm³/mol. The van der Waals surface area contributed by atoms with E-state index in [2.05, 4.69) is 6.07 Å². The van der Waals surface area contributed by atoms with Crippen molar-refractivity contribution >= 4 is 35.0 Å². The highest BCUT2D eigenvalue weighted by Crippen LogP contribution is 2.42. The van der Waals surface area contributed by atoms with E-state index in [9.17, 15) is 13.2 Å². The van der Waals surface area contributed by atoms with Gasteiger partial charge in [-0.25, -0.2) is 18.2 Å². The third-order valence-corrected chi connectivity index (χ3v) is 8.15. The molecule has 0 bridgehead atoms. The van der Waals surface area contributed by atoms with Crippen LogP contribution >= 0.6 is 35.0 Å². The summed E-state index contributed by atoms with van der Waals surface area (Å²) in [5.41, 5.74) is 4.95. The van der Waals surface area contributed by atoms with Gasteiger partial charge in [-0.15, -0.1) is 0 Å². The molecule has 1 aliphatic carbocycles. The Morgan fingerprint density at radius 1 is 1.00 bits per heavy atom. The molecule has 0 aliphatic heterocycles. The van der Waals surface area contributed by atoms with Crippen molar-refractivity contribution in [1.29, 1.82) is 0 Å². The lowest BCUT2D eigenvalue weighted by Gasteiger charge is -2.25. The lowest BCUT2D eigenvalue weighted by atomic mass is 9.83. The number of halogens is 5. The number of aromatic nitrogens is 2. The van der Waals surface area contributed by atoms with Crippen molar-refractivity contribution in [2.45, 2.75) is 43.0 Å². The molecule has 35 heavy (non-hydrogen) atoms. The molecule has 3 aromatic carbocycles. The zero-order valence-electron chi connectivity index (χ0n) is 18.8. The zero-order valence-corrected chi connectivity index (χ0v) is 21.1. The molecule has 0 spiro atoms. The van der Waals surface area contributed by atoms with Gasteiger partial charge >= 0.3 is 0 Å². The number of hydrogen-bond acceptors (Lipinski definition) is 2. The molecule has 0 saturated heterocycles. The second-order valence-electron chi connectivity index (χ2n) is 8.60. The summed E-state index contributed by atoms with van der Waals surface area (Å²) >= 11 is 13.6. The van der Waals surface area contributed by atoms with Crippen molar-refractivity contribution in [3.8, 4) is 5.69 Å². The molecule has 0 radical (unpaired) electrons. The average molecular weight is 533 g/mol. The minimum atomic E-state index is -0.664. The van der Waals surface area contributed by atoms with Gasteiger partial charge in [0, 0.05) is 27.9 Å². The Bertz CT molecular complexity index is 1400. The highest BCUT2D eigenvalue weighted by atomic mass is 35.5. The molecule has 1 aliphatic rings. The molecule has 0 fully saturated rings. The fourth-order valence-electron chi connectivity index (χ4n) is 4.59. The van der Waals surface area contributed by atoms with Gasteiger partial charge < -0.3 is 0 Å². The first-order valence-electron chi connectivity index (χ1n) is 11.2. The number of aryl methyl sites for hydroxylation is 2. The van der Waals surface area contributed by atoms with Gasteiger partial charge in [0.05, 0.1) is 16.4 Å². The molecule has 0 amide bonds. The lowest BCUT2D eigenvalue weighted by molar-refractivity contribution is 0.586. The van der Waals surface area contributed by atoms with Crippen LogP contribution in [0.4, 0.5) is 13.2 Å². The van der Waals surface area contributed by atoms with Crippen molar-refractivity contribution < 1.29 is 13.2 Å². The summed E-state index contributed by atoms with van der Waals surface area (Å²) in [6.07, 6.45) is 2.69. The van der Waals surface area contributed by atoms with Crippen molar-refractivity contribution in [3.05, 3.63) is 110 Å². The molecule has 4 aromatic rings. The van der Waals surface area contributed by atoms with Crippen molar-refractivity contribution in [2.75, 3.05) is 0 Å². The van der Waals surface area contributed by atoms with E-state index in [-0.39, 0.29) is 28.1 Å². The van der Waals surface area contributed by atoms with E-state index in [0.29, 0.717) is 10.2 Å². The van der Waals surface area contributed by atoms with Gasteiger partial charge in [-0.3, -0.25) is 4.57 Å². The Hall–Kier alpha value is -2.41. The third kappa shape index (κ3) is 4.72. The summed E-state index contributed by atoms with van der Waals surface area (Å²) in [5.74, 6) is -1.40. The van der Waals surface area contributed by atoms with E-state index in [4.69, 9.17) is 28.2 Å². The number of fused-ring (bicyclic) bond motifs is 1. The van der Waals surface area contributed by atoms with Crippen LogP contribution in [0.25, 0.3) is 5.69 Å². The second-order valence-corrected chi connectivity index (χ2v) is 10.3. The van der Waals surface area contributed by atoms with Crippen LogP contribution < -0.4 is 0 Å². The van der Waals surface area contributed by atoms with Crippen molar-refractivity contribution in [1.82, 2.24) is 9.55 Å². The van der Waals surface area contributed by atoms with Crippen LogP contribution in [0.5, 0.6) is 0 Å². The maximum atomic E-state index is 14.4. The normalized spacial score (nSPS) is 15.3. The Morgan fingerprint density at radius 3 is 2.49 bits per heavy atom. The van der Waals surface area contributed by atoms with Crippen LogP contribution in [0.2, 0.25) is 10.0 Å². The first-order chi connectivity index (χ1) is 16.8. The fraction of sp³-hybridized carbons (Fsp3) is 0.222. The molecule has 1 aromatic heterocycles. The van der Waals surface area contributed by atoms with Gasteiger partial charge in [-0.1, -0.05) is 47.1 Å². The van der Waals surface area contributed by atoms with Gasteiger partial charge in [0.2, 0.25) is 0 Å². The third-order valence-electron chi connectivity index (χ3n) is 6.35. The highest BCUT2D eigenvalue weighted by Gasteiger charge is 2.30. The minimum absolute atomic E-state index is 0.0658. The van der Waals surface area contributed by atoms with Gasteiger partial charge in [-0.05, 0) is 79.8 Å². The van der Waals surface area contributed by atoms with Gasteiger partial charge in [0.25, 0.3) is 0 Å². The molecule has 8 heteroatoms. The molecule has 1 heterocycles. The summed E-state index contributed by atoms with van der Waals surface area (Å²) in [6, 6.07) is 14.4. The number of thioether (sulfide) groups is 1. The van der Waals surface area contributed by atoms with Crippen LogP contribution in [0, 0.1) is 24.4 Å². The molecular weight excluding hydrogens is 512 g/mol. The van der Waals surface area contributed by atoms with Gasteiger partial charge in [-0.2, -0.15) is 0 Å². The first kappa shape index (κ1) is 24.3.